The molecule has 1 atom stereocenters. The molecule has 1 aromatic carbocycles. The molecule has 0 unspecified atom stereocenters. The highest BCUT2D eigenvalue weighted by Gasteiger charge is 2.33. The average Bonchev–Trinajstić information content (AvgIpc) is 3.20. The number of thiophene rings is 1. The number of ether oxygens (including phenoxy) is 1. The van der Waals surface area contributed by atoms with Gasteiger partial charge >= 0.3 is 6.03 Å². The molecule has 2 heterocycles. The first-order valence-electron chi connectivity index (χ1n) is 10.7. The molecule has 0 saturated carbocycles. The number of hydrogen-bond acceptors (Lipinski definition) is 4. The Bertz CT molecular complexity index is 902. The first-order chi connectivity index (χ1) is 14.9. The summed E-state index contributed by atoms with van der Waals surface area (Å²) in [6.07, 6.45) is 0.778. The maximum atomic E-state index is 13.5. The molecular formula is C23H30FN3O3S. The van der Waals surface area contributed by atoms with Crippen LogP contribution in [0.5, 0.6) is 5.75 Å². The number of carbonyl (C=O) groups excluding carboxylic acids is 2. The van der Waals surface area contributed by atoms with E-state index in [0.29, 0.717) is 25.4 Å². The van der Waals surface area contributed by atoms with Crippen molar-refractivity contribution < 1.29 is 18.7 Å². The molecule has 0 fully saturated rings. The van der Waals surface area contributed by atoms with E-state index in [1.165, 1.54) is 17.0 Å². The molecule has 1 aromatic heterocycles. The number of nitrogens with zero attached hydrogens (tertiary/aromatic N) is 2. The summed E-state index contributed by atoms with van der Waals surface area (Å²) >= 11 is 1.67. The minimum absolute atomic E-state index is 0.0138. The van der Waals surface area contributed by atoms with Crippen LogP contribution in [0.2, 0.25) is 0 Å². The van der Waals surface area contributed by atoms with Crippen LogP contribution in [-0.2, 0) is 11.2 Å². The maximum absolute atomic E-state index is 13.5. The fourth-order valence-corrected chi connectivity index (χ4v) is 4.71. The zero-order valence-electron chi connectivity index (χ0n) is 18.3. The van der Waals surface area contributed by atoms with Crippen molar-refractivity contribution in [3.63, 3.8) is 0 Å². The van der Waals surface area contributed by atoms with Gasteiger partial charge in [-0.15, -0.1) is 11.3 Å². The van der Waals surface area contributed by atoms with Crippen LogP contribution in [0.25, 0.3) is 0 Å². The molecule has 3 rings (SSSR count). The fraction of sp³-hybridized carbons (Fsp3) is 0.478. The molecule has 1 N–H and O–H groups in total. The molecule has 1 aliphatic rings. The molecule has 0 spiro atoms. The second-order valence-corrected chi connectivity index (χ2v) is 9.03. The summed E-state index contributed by atoms with van der Waals surface area (Å²) in [6, 6.07) is 7.52. The number of hydrogen-bond donors (Lipinski definition) is 1. The first-order valence-corrected chi connectivity index (χ1v) is 11.5. The van der Waals surface area contributed by atoms with Crippen molar-refractivity contribution in [2.24, 2.45) is 5.92 Å². The number of nitrogens with one attached hydrogen (secondary N) is 1. The van der Waals surface area contributed by atoms with Crippen molar-refractivity contribution in [3.05, 3.63) is 52.0 Å². The van der Waals surface area contributed by atoms with Gasteiger partial charge in [-0.05, 0) is 48.4 Å². The monoisotopic (exact) mass is 447 g/mol. The highest BCUT2D eigenvalue weighted by atomic mass is 32.1. The van der Waals surface area contributed by atoms with Crippen LogP contribution in [0.3, 0.4) is 0 Å². The number of rotatable bonds is 8. The van der Waals surface area contributed by atoms with Gasteiger partial charge in [-0.2, -0.15) is 0 Å². The van der Waals surface area contributed by atoms with Crippen molar-refractivity contribution in [1.29, 1.82) is 0 Å². The lowest BCUT2D eigenvalue weighted by atomic mass is 10.0. The van der Waals surface area contributed by atoms with Crippen molar-refractivity contribution in [2.75, 3.05) is 32.8 Å². The molecular weight excluding hydrogens is 417 g/mol. The van der Waals surface area contributed by atoms with Crippen LogP contribution >= 0.6 is 11.3 Å². The van der Waals surface area contributed by atoms with Gasteiger partial charge in [0.2, 0.25) is 5.91 Å². The zero-order chi connectivity index (χ0) is 22.4. The SMILES string of the molecule is CCNC(=O)N(CC(=O)N1CCc2sccc2[C@@H]1COc1cccc(F)c1)CC(C)C. The van der Waals surface area contributed by atoms with Gasteiger partial charge in [0, 0.05) is 30.6 Å². The van der Waals surface area contributed by atoms with Crippen molar-refractivity contribution in [1.82, 2.24) is 15.1 Å². The maximum Gasteiger partial charge on any atom is 0.317 e. The number of fused-ring (bicyclic) bond motifs is 1. The Hall–Kier alpha value is -2.61. The van der Waals surface area contributed by atoms with Crippen LogP contribution in [0, 0.1) is 11.7 Å². The van der Waals surface area contributed by atoms with Crippen molar-refractivity contribution >= 4 is 23.3 Å². The summed E-state index contributed by atoms with van der Waals surface area (Å²) in [6.45, 7) is 7.71. The van der Waals surface area contributed by atoms with Gasteiger partial charge in [0.1, 0.15) is 24.7 Å². The second-order valence-electron chi connectivity index (χ2n) is 8.03. The molecule has 6 nitrogen and oxygen atoms in total. The van der Waals surface area contributed by atoms with Gasteiger partial charge < -0.3 is 19.9 Å². The predicted octanol–water partition coefficient (Wildman–Crippen LogP) is 4.08. The molecule has 31 heavy (non-hydrogen) atoms. The fourth-order valence-electron chi connectivity index (χ4n) is 3.78. The van der Waals surface area contributed by atoms with Crippen molar-refractivity contribution in [3.8, 4) is 5.75 Å². The van der Waals surface area contributed by atoms with Gasteiger partial charge in [-0.1, -0.05) is 19.9 Å². The molecule has 0 saturated heterocycles. The van der Waals surface area contributed by atoms with E-state index in [-0.39, 0.29) is 42.9 Å². The predicted molar refractivity (Wildman–Crippen MR) is 120 cm³/mol. The van der Waals surface area contributed by atoms with Crippen molar-refractivity contribution in [2.45, 2.75) is 33.2 Å². The van der Waals surface area contributed by atoms with Gasteiger partial charge in [0.25, 0.3) is 0 Å². The average molecular weight is 448 g/mol. The van der Waals surface area contributed by atoms with E-state index in [0.717, 1.165) is 12.0 Å². The third-order valence-corrected chi connectivity index (χ3v) is 6.14. The van der Waals surface area contributed by atoms with Gasteiger partial charge in [-0.25, -0.2) is 9.18 Å². The third-order valence-electron chi connectivity index (χ3n) is 5.15. The minimum atomic E-state index is -0.364. The largest absolute Gasteiger partial charge is 0.491 e. The summed E-state index contributed by atoms with van der Waals surface area (Å²) in [4.78, 5) is 30.4. The van der Waals surface area contributed by atoms with E-state index in [2.05, 4.69) is 5.32 Å². The smallest absolute Gasteiger partial charge is 0.317 e. The highest BCUT2D eigenvalue weighted by molar-refractivity contribution is 7.10. The Labute approximate surface area is 187 Å². The Morgan fingerprint density at radius 3 is 2.87 bits per heavy atom. The van der Waals surface area contributed by atoms with E-state index in [1.54, 1.807) is 33.3 Å². The molecule has 1 aliphatic heterocycles. The zero-order valence-corrected chi connectivity index (χ0v) is 19.1. The van der Waals surface area contributed by atoms with Crippen LogP contribution in [0.1, 0.15) is 37.3 Å². The molecule has 8 heteroatoms. The number of amides is 3. The van der Waals surface area contributed by atoms with Crippen LogP contribution in [0.4, 0.5) is 9.18 Å². The molecule has 3 amide bonds. The summed E-state index contributed by atoms with van der Waals surface area (Å²) < 4.78 is 19.4. The summed E-state index contributed by atoms with van der Waals surface area (Å²) in [5.74, 6) is 0.194. The van der Waals surface area contributed by atoms with Crippen LogP contribution in [-0.4, -0.2) is 54.5 Å². The lowest BCUT2D eigenvalue weighted by Gasteiger charge is -2.37. The second kappa shape index (κ2) is 10.6. The van der Waals surface area contributed by atoms with Gasteiger partial charge in [0.15, 0.2) is 0 Å². The highest BCUT2D eigenvalue weighted by Crippen LogP contribution is 2.34. The molecule has 0 aliphatic carbocycles. The summed E-state index contributed by atoms with van der Waals surface area (Å²) in [7, 11) is 0. The summed E-state index contributed by atoms with van der Waals surface area (Å²) in [5.41, 5.74) is 1.06. The standard InChI is InChI=1S/C23H30FN3O3S/c1-4-25-23(29)26(13-16(2)3)14-22(28)27-10-8-21-19(9-11-31-21)20(27)15-30-18-7-5-6-17(24)12-18/h5-7,9,11-12,16,20H,4,8,10,13-15H2,1-3H3,(H,25,29)/t20-/m0/s1. The first kappa shape index (κ1) is 23.1. The molecule has 2 aromatic rings. The Balaban J connectivity index is 1.76. The van der Waals surface area contributed by atoms with E-state index >= 15 is 0 Å². The van der Waals surface area contributed by atoms with E-state index in [1.807, 2.05) is 32.2 Å². The van der Waals surface area contributed by atoms with E-state index in [9.17, 15) is 14.0 Å². The number of carbonyl (C=O) groups is 2. The number of halogens is 1. The van der Waals surface area contributed by atoms with Gasteiger partial charge in [-0.3, -0.25) is 4.79 Å². The topological polar surface area (TPSA) is 61.9 Å². The molecule has 168 valence electrons. The summed E-state index contributed by atoms with van der Waals surface area (Å²) in [5, 5.41) is 4.81. The van der Waals surface area contributed by atoms with Crippen LogP contribution < -0.4 is 10.1 Å². The Morgan fingerprint density at radius 2 is 2.16 bits per heavy atom. The lowest BCUT2D eigenvalue weighted by Crippen LogP contribution is -2.50. The van der Waals surface area contributed by atoms with Gasteiger partial charge in [0.05, 0.1) is 6.04 Å². The quantitative estimate of drug-likeness (QED) is 0.663. The van der Waals surface area contributed by atoms with Crippen LogP contribution in [0.15, 0.2) is 35.7 Å². The van der Waals surface area contributed by atoms with E-state index in [4.69, 9.17) is 4.74 Å². The minimum Gasteiger partial charge on any atom is -0.491 e. The molecule has 0 radical (unpaired) electrons. The number of urea groups is 1. The Kier molecular flexibility index (Phi) is 7.90. The number of benzene rings is 1. The third kappa shape index (κ3) is 5.97. The molecule has 0 bridgehead atoms. The Morgan fingerprint density at radius 1 is 1.35 bits per heavy atom. The van der Waals surface area contributed by atoms with E-state index < -0.39 is 0 Å². The normalized spacial score (nSPS) is 15.5. The lowest BCUT2D eigenvalue weighted by molar-refractivity contribution is -0.135.